The zero-order valence-corrected chi connectivity index (χ0v) is 20.8. The molecule has 0 fully saturated rings. The van der Waals surface area contributed by atoms with E-state index in [9.17, 15) is 4.79 Å². The fourth-order valence-electron chi connectivity index (χ4n) is 3.02. The molecule has 0 bridgehead atoms. The molecule has 0 radical (unpaired) electrons. The van der Waals surface area contributed by atoms with Crippen molar-refractivity contribution in [3.05, 3.63) is 78.2 Å². The fraction of sp³-hybridized carbons (Fsp3) is 0.292. The van der Waals surface area contributed by atoms with E-state index < -0.39 is 0 Å². The van der Waals surface area contributed by atoms with E-state index in [4.69, 9.17) is 4.42 Å². The van der Waals surface area contributed by atoms with Crippen LogP contribution >= 0.6 is 24.0 Å². The maximum absolute atomic E-state index is 12.4. The van der Waals surface area contributed by atoms with Crippen molar-refractivity contribution in [3.63, 3.8) is 0 Å². The third kappa shape index (κ3) is 7.99. The Kier molecular flexibility index (Phi) is 10.7. The number of carbonyl (C=O) groups is 1. The zero-order chi connectivity index (χ0) is 21.9. The number of hydrogen-bond donors (Lipinski definition) is 2. The molecule has 8 heteroatoms. The number of carbonyl (C=O) groups excluding carboxylic acids is 1. The normalized spacial score (nSPS) is 10.9. The van der Waals surface area contributed by atoms with Crippen LogP contribution in [0.15, 0.2) is 76.3 Å². The van der Waals surface area contributed by atoms with Gasteiger partial charge in [-0.2, -0.15) is 0 Å². The van der Waals surface area contributed by atoms with Gasteiger partial charge in [-0.3, -0.25) is 4.79 Å². The Morgan fingerprint density at radius 1 is 1.06 bits per heavy atom. The summed E-state index contributed by atoms with van der Waals surface area (Å²) < 4.78 is 5.56. The standard InChI is InChI=1S/C24H29N5O2.HI/c1-3-25-24(26-15-14-22(30)29(2)17-19-10-6-4-7-11-19)27-16-21-18-31-23(28-21)20-12-8-5-9-13-20;/h4-13,18H,3,14-17H2,1-2H3,(H2,25,26,27);1H. The molecule has 0 aliphatic carbocycles. The number of aromatic nitrogens is 1. The van der Waals surface area contributed by atoms with Gasteiger partial charge in [-0.05, 0) is 24.6 Å². The summed E-state index contributed by atoms with van der Waals surface area (Å²) in [6.45, 7) is 4.20. The van der Waals surface area contributed by atoms with Gasteiger partial charge in [-0.15, -0.1) is 24.0 Å². The van der Waals surface area contributed by atoms with Crippen LogP contribution in [0.4, 0.5) is 0 Å². The molecule has 1 heterocycles. The van der Waals surface area contributed by atoms with Crippen LogP contribution in [-0.4, -0.2) is 41.9 Å². The molecule has 170 valence electrons. The first-order chi connectivity index (χ1) is 15.2. The number of hydrogen-bond acceptors (Lipinski definition) is 4. The van der Waals surface area contributed by atoms with Crippen LogP contribution < -0.4 is 10.6 Å². The molecule has 0 unspecified atom stereocenters. The van der Waals surface area contributed by atoms with Crippen molar-refractivity contribution in [2.24, 2.45) is 4.99 Å². The Morgan fingerprint density at radius 2 is 1.75 bits per heavy atom. The third-order valence-corrected chi connectivity index (χ3v) is 4.64. The summed E-state index contributed by atoms with van der Waals surface area (Å²) in [5.74, 6) is 1.30. The summed E-state index contributed by atoms with van der Waals surface area (Å²) >= 11 is 0. The number of amides is 1. The molecular weight excluding hydrogens is 517 g/mol. The molecule has 0 aliphatic heterocycles. The van der Waals surface area contributed by atoms with Crippen molar-refractivity contribution in [1.82, 2.24) is 20.5 Å². The van der Waals surface area contributed by atoms with E-state index in [1.807, 2.05) is 74.6 Å². The van der Waals surface area contributed by atoms with Gasteiger partial charge in [-0.1, -0.05) is 48.5 Å². The molecule has 7 nitrogen and oxygen atoms in total. The first kappa shape index (κ1) is 25.4. The Hall–Kier alpha value is -2.88. The summed E-state index contributed by atoms with van der Waals surface area (Å²) in [6, 6.07) is 19.7. The van der Waals surface area contributed by atoms with Crippen LogP contribution in [-0.2, 0) is 17.9 Å². The van der Waals surface area contributed by atoms with Gasteiger partial charge in [0.1, 0.15) is 12.0 Å². The van der Waals surface area contributed by atoms with E-state index in [1.54, 1.807) is 11.2 Å². The molecule has 3 rings (SSSR count). The summed E-state index contributed by atoms with van der Waals surface area (Å²) in [5, 5.41) is 6.40. The predicted octanol–water partition coefficient (Wildman–Crippen LogP) is 4.06. The van der Waals surface area contributed by atoms with Crippen molar-refractivity contribution >= 4 is 35.8 Å². The molecule has 3 aromatic rings. The lowest BCUT2D eigenvalue weighted by atomic mass is 10.2. The van der Waals surface area contributed by atoms with Gasteiger partial charge in [0.2, 0.25) is 11.8 Å². The minimum absolute atomic E-state index is 0. The topological polar surface area (TPSA) is 82.8 Å². The van der Waals surface area contributed by atoms with E-state index in [1.165, 1.54) is 0 Å². The van der Waals surface area contributed by atoms with Gasteiger partial charge in [0.15, 0.2) is 5.96 Å². The number of benzene rings is 2. The second-order valence-electron chi connectivity index (χ2n) is 7.12. The quantitative estimate of drug-likeness (QED) is 0.240. The van der Waals surface area contributed by atoms with Gasteiger partial charge in [0, 0.05) is 38.7 Å². The Bertz CT molecular complexity index is 976. The number of aliphatic imine (C=N–C) groups is 1. The summed E-state index contributed by atoms with van der Waals surface area (Å²) in [4.78, 5) is 23.2. The number of rotatable bonds is 9. The number of nitrogens with one attached hydrogen (secondary N) is 2. The molecule has 0 saturated carbocycles. The largest absolute Gasteiger partial charge is 0.444 e. The van der Waals surface area contributed by atoms with Crippen LogP contribution in [0.5, 0.6) is 0 Å². The molecule has 0 aliphatic rings. The lowest BCUT2D eigenvalue weighted by molar-refractivity contribution is -0.130. The van der Waals surface area contributed by atoms with Crippen molar-refractivity contribution in [3.8, 4) is 11.5 Å². The van der Waals surface area contributed by atoms with Crippen LogP contribution in [0.25, 0.3) is 11.5 Å². The summed E-state index contributed by atoms with van der Waals surface area (Å²) in [5.41, 5.74) is 2.79. The second kappa shape index (κ2) is 13.5. The lowest BCUT2D eigenvalue weighted by Crippen LogP contribution is -2.39. The molecule has 2 aromatic carbocycles. The van der Waals surface area contributed by atoms with Crippen molar-refractivity contribution < 1.29 is 9.21 Å². The minimum Gasteiger partial charge on any atom is -0.444 e. The van der Waals surface area contributed by atoms with E-state index >= 15 is 0 Å². The molecule has 0 saturated heterocycles. The summed E-state index contributed by atoms with van der Waals surface area (Å²) in [7, 11) is 1.82. The maximum Gasteiger partial charge on any atom is 0.226 e. The first-order valence-corrected chi connectivity index (χ1v) is 10.5. The fourth-order valence-corrected chi connectivity index (χ4v) is 3.02. The van der Waals surface area contributed by atoms with E-state index in [2.05, 4.69) is 20.6 Å². The van der Waals surface area contributed by atoms with E-state index in [-0.39, 0.29) is 29.9 Å². The van der Waals surface area contributed by atoms with Gasteiger partial charge in [0.05, 0.1) is 6.54 Å². The Morgan fingerprint density at radius 3 is 2.44 bits per heavy atom. The highest BCUT2D eigenvalue weighted by Crippen LogP contribution is 2.18. The predicted molar refractivity (Wildman–Crippen MR) is 138 cm³/mol. The first-order valence-electron chi connectivity index (χ1n) is 10.5. The molecular formula is C24H30IN5O2. The minimum atomic E-state index is 0. The Balaban J connectivity index is 0.00000363. The molecule has 2 N–H and O–H groups in total. The maximum atomic E-state index is 12.4. The molecule has 32 heavy (non-hydrogen) atoms. The van der Waals surface area contributed by atoms with Gasteiger partial charge < -0.3 is 20.0 Å². The monoisotopic (exact) mass is 547 g/mol. The smallest absolute Gasteiger partial charge is 0.226 e. The average Bonchev–Trinajstić information content (AvgIpc) is 3.28. The van der Waals surface area contributed by atoms with Crippen molar-refractivity contribution in [1.29, 1.82) is 0 Å². The molecule has 0 spiro atoms. The Labute approximate surface area is 206 Å². The van der Waals surface area contributed by atoms with Gasteiger partial charge >= 0.3 is 0 Å². The van der Waals surface area contributed by atoms with Crippen LogP contribution in [0, 0.1) is 0 Å². The number of guanidine groups is 1. The van der Waals surface area contributed by atoms with Crippen molar-refractivity contribution in [2.45, 2.75) is 26.4 Å². The highest BCUT2D eigenvalue weighted by atomic mass is 127. The number of nitrogens with zero attached hydrogens (tertiary/aromatic N) is 3. The lowest BCUT2D eigenvalue weighted by Gasteiger charge is -2.18. The van der Waals surface area contributed by atoms with Gasteiger partial charge in [0.25, 0.3) is 0 Å². The molecule has 0 atom stereocenters. The highest BCUT2D eigenvalue weighted by Gasteiger charge is 2.10. The number of oxazole rings is 1. The van der Waals surface area contributed by atoms with E-state index in [0.717, 1.165) is 23.4 Å². The molecule has 1 amide bonds. The second-order valence-corrected chi connectivity index (χ2v) is 7.12. The zero-order valence-electron chi connectivity index (χ0n) is 18.5. The molecule has 1 aromatic heterocycles. The van der Waals surface area contributed by atoms with Crippen molar-refractivity contribution in [2.75, 3.05) is 20.1 Å². The number of halogens is 1. The van der Waals surface area contributed by atoms with E-state index in [0.29, 0.717) is 37.9 Å². The van der Waals surface area contributed by atoms with Crippen LogP contribution in [0.1, 0.15) is 24.6 Å². The summed E-state index contributed by atoms with van der Waals surface area (Å²) in [6.07, 6.45) is 2.01. The van der Waals surface area contributed by atoms with Crippen LogP contribution in [0.3, 0.4) is 0 Å². The highest BCUT2D eigenvalue weighted by molar-refractivity contribution is 14.0. The average molecular weight is 547 g/mol. The van der Waals surface area contributed by atoms with Crippen LogP contribution in [0.2, 0.25) is 0 Å². The SMILES string of the molecule is CCNC(=NCc1coc(-c2ccccc2)n1)NCCC(=O)N(C)Cc1ccccc1.I. The third-order valence-electron chi connectivity index (χ3n) is 4.64. The van der Waals surface area contributed by atoms with Gasteiger partial charge in [-0.25, -0.2) is 9.98 Å².